The predicted octanol–water partition coefficient (Wildman–Crippen LogP) is 4.40. The Kier molecular flexibility index (Phi) is 7.42. The lowest BCUT2D eigenvalue weighted by Gasteiger charge is -2.46. The highest BCUT2D eigenvalue weighted by atomic mass is 35.5. The average Bonchev–Trinajstić information content (AvgIpc) is 3.04. The Labute approximate surface area is 192 Å². The number of carbonyl (C=O) groups is 2. The molecule has 0 aromatic heterocycles. The van der Waals surface area contributed by atoms with E-state index in [0.717, 1.165) is 6.07 Å². The van der Waals surface area contributed by atoms with Crippen LogP contribution in [0.5, 0.6) is 5.75 Å². The molecular formula is C21H23ClF4N2O5. The van der Waals surface area contributed by atoms with Gasteiger partial charge < -0.3 is 19.7 Å². The fourth-order valence-corrected chi connectivity index (χ4v) is 4.03. The number of nitrogens with zero attached hydrogens (tertiary/aromatic N) is 1. The molecule has 3 rings (SSSR count). The zero-order chi connectivity index (χ0) is 24.4. The quantitative estimate of drug-likeness (QED) is 0.515. The molecule has 0 bridgehead atoms. The first kappa shape index (κ1) is 25.1. The van der Waals surface area contributed by atoms with Crippen molar-refractivity contribution in [3.8, 4) is 5.75 Å². The van der Waals surface area contributed by atoms with E-state index in [-0.39, 0.29) is 55.6 Å². The first-order chi connectivity index (χ1) is 15.3. The summed E-state index contributed by atoms with van der Waals surface area (Å²) in [4.78, 5) is 25.5. The summed E-state index contributed by atoms with van der Waals surface area (Å²) < 4.78 is 65.4. The summed E-state index contributed by atoms with van der Waals surface area (Å²) in [5.41, 5.74) is -0.974. The normalized spacial score (nSPS) is 24.8. The van der Waals surface area contributed by atoms with Crippen molar-refractivity contribution in [2.45, 2.75) is 44.3 Å². The molecule has 2 aliphatic rings. The zero-order valence-electron chi connectivity index (χ0n) is 17.7. The third-order valence-electron chi connectivity index (χ3n) is 5.45. The van der Waals surface area contributed by atoms with Crippen molar-refractivity contribution >= 4 is 23.6 Å². The van der Waals surface area contributed by atoms with Gasteiger partial charge in [0.25, 0.3) is 5.91 Å². The van der Waals surface area contributed by atoms with Gasteiger partial charge in [-0.2, -0.15) is 0 Å². The van der Waals surface area contributed by atoms with Crippen LogP contribution >= 0.6 is 11.6 Å². The van der Waals surface area contributed by atoms with Crippen LogP contribution < -0.4 is 10.1 Å². The molecular weight excluding hydrogens is 472 g/mol. The minimum Gasteiger partial charge on any atom is -0.484 e. The van der Waals surface area contributed by atoms with Gasteiger partial charge in [0.15, 0.2) is 6.61 Å². The highest BCUT2D eigenvalue weighted by Gasteiger charge is 2.53. The minimum absolute atomic E-state index is 0.0659. The van der Waals surface area contributed by atoms with E-state index in [1.807, 2.05) is 0 Å². The Balaban J connectivity index is 1.36. The van der Waals surface area contributed by atoms with Crippen LogP contribution in [0.3, 0.4) is 0 Å². The number of halogens is 5. The molecule has 1 N–H and O–H groups in total. The van der Waals surface area contributed by atoms with Crippen LogP contribution in [0.4, 0.5) is 22.4 Å². The van der Waals surface area contributed by atoms with Gasteiger partial charge in [0, 0.05) is 30.6 Å². The summed E-state index contributed by atoms with van der Waals surface area (Å²) in [5.74, 6) is -1.27. The monoisotopic (exact) mass is 494 g/mol. The standard InChI is InChI=1S/C21H23ClF4N2O5/c1-12(27-18(29)11-31-14-3-4-15(22)16(23)7-14)5-6-28-10-17(32-19(28)30)13-8-20(2,9-13)33-21(24,25)26/h3-4,7,13,17H,1,5-6,8-11H2,2H3,(H,27,29)/t13?,17-,20?/m1/s1. The number of alkyl halides is 3. The number of rotatable bonds is 9. The fourth-order valence-electron chi connectivity index (χ4n) is 3.92. The van der Waals surface area contributed by atoms with Crippen LogP contribution in [0.15, 0.2) is 30.5 Å². The molecule has 182 valence electrons. The summed E-state index contributed by atoms with van der Waals surface area (Å²) in [6, 6.07) is 3.78. The Bertz CT molecular complexity index is 920. The molecule has 1 saturated carbocycles. The van der Waals surface area contributed by atoms with Crippen molar-refractivity contribution < 1.29 is 41.4 Å². The molecule has 33 heavy (non-hydrogen) atoms. The topological polar surface area (TPSA) is 77.1 Å². The van der Waals surface area contributed by atoms with E-state index >= 15 is 0 Å². The molecule has 0 unspecified atom stereocenters. The molecule has 1 saturated heterocycles. The number of amides is 2. The van der Waals surface area contributed by atoms with E-state index in [1.54, 1.807) is 0 Å². The van der Waals surface area contributed by atoms with E-state index in [4.69, 9.17) is 21.1 Å². The largest absolute Gasteiger partial charge is 0.523 e. The van der Waals surface area contributed by atoms with Crippen LogP contribution in [0.2, 0.25) is 5.02 Å². The van der Waals surface area contributed by atoms with Crippen molar-refractivity contribution in [2.24, 2.45) is 5.92 Å². The number of hydrogen-bond donors (Lipinski definition) is 1. The lowest BCUT2D eigenvalue weighted by molar-refractivity contribution is -0.381. The maximum Gasteiger partial charge on any atom is 0.523 e. The molecule has 0 spiro atoms. The summed E-state index contributed by atoms with van der Waals surface area (Å²) >= 11 is 5.58. The Morgan fingerprint density at radius 3 is 2.73 bits per heavy atom. The summed E-state index contributed by atoms with van der Waals surface area (Å²) in [6.45, 7) is 5.17. The van der Waals surface area contributed by atoms with Gasteiger partial charge in [-0.1, -0.05) is 18.2 Å². The van der Waals surface area contributed by atoms with Gasteiger partial charge in [-0.25, -0.2) is 9.18 Å². The second-order valence-corrected chi connectivity index (χ2v) is 8.71. The average molecular weight is 495 g/mol. The van der Waals surface area contributed by atoms with Crippen molar-refractivity contribution in [1.29, 1.82) is 0 Å². The highest BCUT2D eigenvalue weighted by molar-refractivity contribution is 6.30. The summed E-state index contributed by atoms with van der Waals surface area (Å²) in [7, 11) is 0. The maximum absolute atomic E-state index is 13.4. The van der Waals surface area contributed by atoms with Gasteiger partial charge in [0.2, 0.25) is 0 Å². The smallest absolute Gasteiger partial charge is 0.484 e. The molecule has 7 nitrogen and oxygen atoms in total. The molecule has 0 radical (unpaired) electrons. The van der Waals surface area contributed by atoms with E-state index in [0.29, 0.717) is 5.70 Å². The Morgan fingerprint density at radius 2 is 2.09 bits per heavy atom. The lowest BCUT2D eigenvalue weighted by Crippen LogP contribution is -2.51. The van der Waals surface area contributed by atoms with E-state index in [9.17, 15) is 27.2 Å². The zero-order valence-corrected chi connectivity index (χ0v) is 18.5. The Morgan fingerprint density at radius 1 is 1.39 bits per heavy atom. The first-order valence-electron chi connectivity index (χ1n) is 10.1. The maximum atomic E-state index is 13.4. The van der Waals surface area contributed by atoms with Crippen molar-refractivity contribution in [3.05, 3.63) is 41.3 Å². The number of cyclic esters (lactones) is 1. The van der Waals surface area contributed by atoms with Crippen LogP contribution in [0, 0.1) is 11.7 Å². The minimum atomic E-state index is -4.71. The van der Waals surface area contributed by atoms with Gasteiger partial charge >= 0.3 is 12.5 Å². The second-order valence-electron chi connectivity index (χ2n) is 8.30. The van der Waals surface area contributed by atoms with Gasteiger partial charge in [-0.15, -0.1) is 13.2 Å². The predicted molar refractivity (Wildman–Crippen MR) is 109 cm³/mol. The van der Waals surface area contributed by atoms with Crippen molar-refractivity contribution in [1.82, 2.24) is 10.2 Å². The highest BCUT2D eigenvalue weighted by Crippen LogP contribution is 2.47. The van der Waals surface area contributed by atoms with Crippen LogP contribution in [-0.4, -0.2) is 54.7 Å². The van der Waals surface area contributed by atoms with Crippen LogP contribution in [-0.2, 0) is 14.3 Å². The van der Waals surface area contributed by atoms with Gasteiger partial charge in [-0.3, -0.25) is 9.53 Å². The van der Waals surface area contributed by atoms with Crippen molar-refractivity contribution in [3.63, 3.8) is 0 Å². The number of benzene rings is 1. The summed E-state index contributed by atoms with van der Waals surface area (Å²) in [6.07, 6.45) is -5.28. The van der Waals surface area contributed by atoms with E-state index in [2.05, 4.69) is 16.6 Å². The van der Waals surface area contributed by atoms with Crippen LogP contribution in [0.25, 0.3) is 0 Å². The number of nitrogens with one attached hydrogen (secondary N) is 1. The van der Waals surface area contributed by atoms with E-state index < -0.39 is 35.9 Å². The van der Waals surface area contributed by atoms with Gasteiger partial charge in [-0.05, 0) is 31.9 Å². The first-order valence-corrected chi connectivity index (χ1v) is 10.5. The lowest BCUT2D eigenvalue weighted by atomic mass is 9.69. The molecule has 2 amide bonds. The van der Waals surface area contributed by atoms with Crippen LogP contribution in [0.1, 0.15) is 26.2 Å². The molecule has 1 aromatic rings. The second kappa shape index (κ2) is 9.76. The molecule has 1 aliphatic carbocycles. The molecule has 12 heteroatoms. The molecule has 1 aromatic carbocycles. The summed E-state index contributed by atoms with van der Waals surface area (Å²) in [5, 5.41) is 2.46. The molecule has 2 fully saturated rings. The Hall–Kier alpha value is -2.53. The fraction of sp³-hybridized carbons (Fsp3) is 0.524. The molecule has 1 atom stereocenters. The number of carbonyl (C=O) groups excluding carboxylic acids is 2. The van der Waals surface area contributed by atoms with Gasteiger partial charge in [0.05, 0.1) is 17.2 Å². The number of ether oxygens (including phenoxy) is 3. The number of hydrogen-bond acceptors (Lipinski definition) is 5. The third kappa shape index (κ3) is 6.97. The molecule has 1 aliphatic heterocycles. The van der Waals surface area contributed by atoms with Gasteiger partial charge in [0.1, 0.15) is 17.7 Å². The van der Waals surface area contributed by atoms with E-state index in [1.165, 1.54) is 24.0 Å². The SMILES string of the molecule is C=C(CCN1C[C@H](C2CC(C)(OC(F)(F)F)C2)OC1=O)NC(=O)COc1ccc(Cl)c(F)c1. The third-order valence-corrected chi connectivity index (χ3v) is 5.75. The molecule has 1 heterocycles. The van der Waals surface area contributed by atoms with Crippen molar-refractivity contribution in [2.75, 3.05) is 19.7 Å².